The van der Waals surface area contributed by atoms with Gasteiger partial charge in [0, 0.05) is 55.6 Å². The Hall–Kier alpha value is -4.13. The number of hydrogen-bond acceptors (Lipinski definition) is 5. The lowest BCUT2D eigenvalue weighted by Crippen LogP contribution is -2.61. The summed E-state index contributed by atoms with van der Waals surface area (Å²) < 4.78 is 40.0. The summed E-state index contributed by atoms with van der Waals surface area (Å²) in [7, 11) is -5.81. The molecule has 0 aliphatic carbocycles. The molecule has 12 nitrogen and oxygen atoms in total. The summed E-state index contributed by atoms with van der Waals surface area (Å²) in [5, 5.41) is 2.79. The second-order valence-electron chi connectivity index (χ2n) is 12.5. The van der Waals surface area contributed by atoms with Gasteiger partial charge in [-0.2, -0.15) is 8.78 Å². The fourth-order valence-electron chi connectivity index (χ4n) is 6.96. The van der Waals surface area contributed by atoms with Crippen molar-refractivity contribution in [2.45, 2.75) is 69.4 Å². The number of hydrogen-bond donors (Lipinski definition) is 4. The van der Waals surface area contributed by atoms with Crippen LogP contribution >= 0.6 is 7.60 Å². The lowest BCUT2D eigenvalue weighted by atomic mass is 10.0. The first-order valence-corrected chi connectivity index (χ1v) is 17.2. The predicted octanol–water partition coefficient (Wildman–Crippen LogP) is 3.08. The van der Waals surface area contributed by atoms with Crippen LogP contribution in [0.15, 0.2) is 48.5 Å². The molecule has 0 saturated carbocycles. The highest BCUT2D eigenvalue weighted by atomic mass is 31.2. The maximum absolute atomic E-state index is 14.3. The topological polar surface area (TPSA) is 163 Å². The number of carbonyl (C=O) groups excluding carboxylic acids is 4. The molecule has 2 fully saturated rings. The normalized spacial score (nSPS) is 22.3. The molecule has 3 atom stereocenters. The van der Waals surface area contributed by atoms with Crippen molar-refractivity contribution in [3.8, 4) is 0 Å². The molecule has 6 rings (SSSR count). The van der Waals surface area contributed by atoms with Crippen LogP contribution in [0.2, 0.25) is 0 Å². The van der Waals surface area contributed by atoms with Crippen molar-refractivity contribution in [1.29, 1.82) is 0 Å². The molecule has 3 aromatic rings. The molecule has 47 heavy (non-hydrogen) atoms. The van der Waals surface area contributed by atoms with Crippen molar-refractivity contribution in [1.82, 2.24) is 25.0 Å². The highest BCUT2D eigenvalue weighted by Crippen LogP contribution is 2.59. The monoisotopic (exact) mass is 671 g/mol. The zero-order chi connectivity index (χ0) is 33.7. The Morgan fingerprint density at radius 3 is 2.47 bits per heavy atom. The van der Waals surface area contributed by atoms with Crippen molar-refractivity contribution in [3.05, 3.63) is 70.9 Å². The SMILES string of the molecule is CC(=O)N1CC[C@H]2CC[C@@H](C(=O)N3CCCc4ccccc4C3)N2C(=O)[C@@H](NC(=O)c2cc3cc(C(F)(F)P(=O)(O)O)ccc3[nH]2)C1. The van der Waals surface area contributed by atoms with E-state index in [0.29, 0.717) is 38.9 Å². The third-order valence-electron chi connectivity index (χ3n) is 9.47. The van der Waals surface area contributed by atoms with E-state index in [0.717, 1.165) is 30.5 Å². The number of aromatic nitrogens is 1. The second-order valence-corrected chi connectivity index (χ2v) is 14.1. The quantitative estimate of drug-likeness (QED) is 0.303. The van der Waals surface area contributed by atoms with Gasteiger partial charge in [-0.1, -0.05) is 30.3 Å². The van der Waals surface area contributed by atoms with Crippen molar-refractivity contribution in [2.75, 3.05) is 19.6 Å². The number of rotatable bonds is 5. The minimum absolute atomic E-state index is 0.0882. The summed E-state index contributed by atoms with van der Waals surface area (Å²) >= 11 is 0. The van der Waals surface area contributed by atoms with Crippen LogP contribution in [-0.2, 0) is 37.6 Å². The fourth-order valence-corrected chi connectivity index (χ4v) is 7.43. The van der Waals surface area contributed by atoms with Gasteiger partial charge in [0.1, 0.15) is 17.8 Å². The van der Waals surface area contributed by atoms with Gasteiger partial charge in [0.05, 0.1) is 0 Å². The highest BCUT2D eigenvalue weighted by molar-refractivity contribution is 7.52. The number of benzene rings is 2. The Balaban J connectivity index is 1.25. The molecule has 15 heteroatoms. The molecule has 250 valence electrons. The molecule has 4 amide bonds. The lowest BCUT2D eigenvalue weighted by Gasteiger charge is -2.39. The molecule has 0 bridgehead atoms. The summed E-state index contributed by atoms with van der Waals surface area (Å²) in [5.41, 5.74) is -2.91. The predicted molar refractivity (Wildman–Crippen MR) is 166 cm³/mol. The zero-order valence-electron chi connectivity index (χ0n) is 25.7. The smallest absolute Gasteiger partial charge is 0.351 e. The number of aromatic amines is 1. The van der Waals surface area contributed by atoms with Crippen molar-refractivity contribution in [2.24, 2.45) is 0 Å². The highest BCUT2D eigenvalue weighted by Gasteiger charge is 2.50. The van der Waals surface area contributed by atoms with E-state index in [9.17, 15) is 32.5 Å². The number of amides is 4. The number of fused-ring (bicyclic) bond motifs is 3. The molecule has 3 aliphatic heterocycles. The van der Waals surface area contributed by atoms with Gasteiger partial charge in [0.2, 0.25) is 17.7 Å². The van der Waals surface area contributed by atoms with Crippen LogP contribution in [-0.4, -0.2) is 90.9 Å². The molecule has 2 saturated heterocycles. The minimum Gasteiger partial charge on any atom is -0.351 e. The average molecular weight is 672 g/mol. The molecule has 0 radical (unpaired) electrons. The lowest BCUT2D eigenvalue weighted by molar-refractivity contribution is -0.149. The van der Waals surface area contributed by atoms with E-state index in [1.165, 1.54) is 29.5 Å². The van der Waals surface area contributed by atoms with E-state index < -0.39 is 42.7 Å². The van der Waals surface area contributed by atoms with Crippen molar-refractivity contribution < 1.29 is 42.3 Å². The Labute approximate surface area is 269 Å². The molecule has 0 spiro atoms. The van der Waals surface area contributed by atoms with Gasteiger partial charge < -0.3 is 34.8 Å². The van der Waals surface area contributed by atoms with Crippen LogP contribution in [0, 0.1) is 0 Å². The van der Waals surface area contributed by atoms with E-state index in [-0.39, 0.29) is 41.0 Å². The van der Waals surface area contributed by atoms with Crippen LogP contribution in [0.4, 0.5) is 8.78 Å². The Bertz CT molecular complexity index is 1790. The zero-order valence-corrected chi connectivity index (χ0v) is 26.6. The van der Waals surface area contributed by atoms with Gasteiger partial charge >= 0.3 is 13.3 Å². The molecule has 4 N–H and O–H groups in total. The second kappa shape index (κ2) is 12.5. The van der Waals surface area contributed by atoms with Gasteiger partial charge in [-0.15, -0.1) is 0 Å². The Morgan fingerprint density at radius 1 is 1.00 bits per heavy atom. The van der Waals surface area contributed by atoms with Crippen LogP contribution in [0.25, 0.3) is 10.9 Å². The standard InChI is InChI=1S/C32H36F2N5O7P/c1-19(40)37-14-12-24-9-11-28(31(43)38-13-4-7-20-5-2-3-6-21(20)17-38)39(24)30(42)27(18-37)36-29(41)26-16-22-15-23(8-10-25(22)35-26)32(33,34)47(44,45)46/h2-3,5-6,8,10,15-16,24,27-28,35H,4,7,9,11-14,17-18H2,1H3,(H,36,41)(H2,44,45,46)/t24-,27+,28+/m1/s1. The van der Waals surface area contributed by atoms with Gasteiger partial charge in [-0.05, 0) is 61.4 Å². The Morgan fingerprint density at radius 2 is 1.74 bits per heavy atom. The number of alkyl halides is 2. The van der Waals surface area contributed by atoms with Crippen molar-refractivity contribution in [3.63, 3.8) is 0 Å². The third-order valence-corrected chi connectivity index (χ3v) is 10.5. The minimum atomic E-state index is -5.81. The summed E-state index contributed by atoms with van der Waals surface area (Å²) in [4.78, 5) is 80.1. The molecular weight excluding hydrogens is 635 g/mol. The summed E-state index contributed by atoms with van der Waals surface area (Å²) in [6, 6.07) is 9.92. The largest absolute Gasteiger partial charge is 0.399 e. The summed E-state index contributed by atoms with van der Waals surface area (Å²) in [6.07, 6.45) is 3.16. The fraction of sp³-hybridized carbons (Fsp3) is 0.438. The number of nitrogens with one attached hydrogen (secondary N) is 2. The van der Waals surface area contributed by atoms with Gasteiger partial charge in [0.15, 0.2) is 0 Å². The number of H-pyrrole nitrogens is 1. The maximum Gasteiger partial charge on any atom is 0.399 e. The number of nitrogens with zero attached hydrogens (tertiary/aromatic N) is 3. The summed E-state index contributed by atoms with van der Waals surface area (Å²) in [6.45, 7) is 2.58. The average Bonchev–Trinajstić information content (AvgIpc) is 3.58. The molecule has 0 unspecified atom stereocenters. The van der Waals surface area contributed by atoms with Gasteiger partial charge in [0.25, 0.3) is 5.91 Å². The van der Waals surface area contributed by atoms with Crippen LogP contribution in [0.5, 0.6) is 0 Å². The maximum atomic E-state index is 14.3. The summed E-state index contributed by atoms with van der Waals surface area (Å²) in [5.74, 6) is -1.66. The van der Waals surface area contributed by atoms with Crippen LogP contribution < -0.4 is 5.32 Å². The number of halogens is 2. The molecule has 1 aromatic heterocycles. The number of carbonyl (C=O) groups is 4. The Kier molecular flexibility index (Phi) is 8.71. The van der Waals surface area contributed by atoms with E-state index in [1.807, 2.05) is 18.2 Å². The van der Waals surface area contributed by atoms with E-state index in [4.69, 9.17) is 9.79 Å². The molecule has 4 heterocycles. The third kappa shape index (κ3) is 6.29. The first-order valence-electron chi connectivity index (χ1n) is 15.6. The molecule has 3 aliphatic rings. The first-order chi connectivity index (χ1) is 22.2. The molecular formula is C32H36F2N5O7P. The van der Waals surface area contributed by atoms with Crippen molar-refractivity contribution >= 4 is 42.1 Å². The van der Waals surface area contributed by atoms with Gasteiger partial charge in [-0.3, -0.25) is 23.7 Å². The van der Waals surface area contributed by atoms with Crippen LogP contribution in [0.1, 0.15) is 59.8 Å². The number of aryl methyl sites for hydroxylation is 1. The van der Waals surface area contributed by atoms with Gasteiger partial charge in [-0.25, -0.2) is 0 Å². The van der Waals surface area contributed by atoms with Crippen LogP contribution in [0.3, 0.4) is 0 Å². The molecule has 2 aromatic carbocycles. The van der Waals surface area contributed by atoms with E-state index in [1.54, 1.807) is 9.80 Å². The van der Waals surface area contributed by atoms with E-state index >= 15 is 0 Å². The first kappa shape index (κ1) is 32.8. The van der Waals surface area contributed by atoms with E-state index in [2.05, 4.69) is 16.4 Å².